The fourth-order valence-corrected chi connectivity index (χ4v) is 7.12. The topological polar surface area (TPSA) is 285 Å². The Kier molecular flexibility index (Phi) is 26.4. The fraction of sp³-hybridized carbons (Fsp3) is 0.526. The zero-order chi connectivity index (χ0) is 42.4. The average molecular weight is 847 g/mol. The normalized spacial score (nSPS) is 10.9. The summed E-state index contributed by atoms with van der Waals surface area (Å²) in [7, 11) is 3.03. The second kappa shape index (κ2) is 30.8. The third-order valence-corrected chi connectivity index (χ3v) is 10.8. The van der Waals surface area contributed by atoms with Crippen molar-refractivity contribution in [3.63, 3.8) is 0 Å². The smallest absolute Gasteiger partial charge is 0.251 e. The lowest BCUT2D eigenvalue weighted by atomic mass is 10.2. The molecule has 0 aromatic heterocycles. The lowest BCUT2D eigenvalue weighted by Crippen LogP contribution is -2.40. The number of nitrogens with two attached hydrogens (primary N) is 4. The number of hydrogen-bond donors (Lipinski definition) is 10. The summed E-state index contributed by atoms with van der Waals surface area (Å²) >= 11 is 0. The molecular formula is C38H62N12O6S2. The second-order valence-corrected chi connectivity index (χ2v) is 15.2. The van der Waals surface area contributed by atoms with E-state index < -0.39 is 0 Å². The van der Waals surface area contributed by atoms with Gasteiger partial charge in [-0.05, 0) is 48.5 Å². The van der Waals surface area contributed by atoms with Gasteiger partial charge in [0.1, 0.15) is 0 Å². The number of rotatable bonds is 31. The van der Waals surface area contributed by atoms with Crippen LogP contribution in [0, 0.1) is 0 Å². The van der Waals surface area contributed by atoms with Gasteiger partial charge in [-0.3, -0.25) is 28.8 Å². The predicted octanol–water partition coefficient (Wildman–Crippen LogP) is -1.59. The minimum Gasteiger partial charge on any atom is -0.355 e. The van der Waals surface area contributed by atoms with Crippen molar-refractivity contribution in [2.24, 2.45) is 22.9 Å². The minimum absolute atomic E-state index is 0.127. The fourth-order valence-electron chi connectivity index (χ4n) is 5.19. The van der Waals surface area contributed by atoms with Gasteiger partial charge in [0.25, 0.3) is 11.8 Å². The number of amides is 6. The Balaban J connectivity index is 1.81. The van der Waals surface area contributed by atoms with Gasteiger partial charge in [-0.2, -0.15) is 0 Å². The Morgan fingerprint density at radius 1 is 0.397 bits per heavy atom. The molecule has 0 bridgehead atoms. The molecule has 0 saturated carbocycles. The molecular weight excluding hydrogens is 785 g/mol. The lowest BCUT2D eigenvalue weighted by Gasteiger charge is -2.22. The number of nitrogens with one attached hydrogen (secondary N) is 6. The van der Waals surface area contributed by atoms with Gasteiger partial charge in [-0.15, -0.1) is 0 Å². The van der Waals surface area contributed by atoms with Gasteiger partial charge < -0.3 is 64.6 Å². The van der Waals surface area contributed by atoms with Crippen molar-refractivity contribution in [3.05, 3.63) is 59.7 Å². The van der Waals surface area contributed by atoms with Crippen LogP contribution in [0.2, 0.25) is 0 Å². The first kappa shape index (κ1) is 49.9. The summed E-state index contributed by atoms with van der Waals surface area (Å²) in [5, 5.41) is 16.8. The summed E-state index contributed by atoms with van der Waals surface area (Å²) in [6, 6.07) is 14.5. The molecule has 0 saturated heterocycles. The van der Waals surface area contributed by atoms with E-state index in [1.807, 2.05) is 34.1 Å². The maximum Gasteiger partial charge on any atom is 0.251 e. The Hall–Kier alpha value is -4.28. The minimum atomic E-state index is -0.233. The summed E-state index contributed by atoms with van der Waals surface area (Å²) < 4.78 is 0. The number of hydrogen-bond acceptors (Lipinski definition) is 14. The average Bonchev–Trinajstić information content (AvgIpc) is 3.24. The molecule has 0 spiro atoms. The highest BCUT2D eigenvalue weighted by Gasteiger charge is 2.14. The summed E-state index contributed by atoms with van der Waals surface area (Å²) in [5.74, 6) is -0.972. The molecule has 0 fully saturated rings. The summed E-state index contributed by atoms with van der Waals surface area (Å²) in [6.07, 6.45) is 0.984. The molecule has 2 rings (SSSR count). The van der Waals surface area contributed by atoms with E-state index in [0.29, 0.717) is 116 Å². The van der Waals surface area contributed by atoms with Crippen molar-refractivity contribution in [1.29, 1.82) is 0 Å². The largest absolute Gasteiger partial charge is 0.355 e. The van der Waals surface area contributed by atoms with E-state index in [-0.39, 0.29) is 61.1 Å². The molecule has 0 aliphatic heterocycles. The molecule has 0 atom stereocenters. The Morgan fingerprint density at radius 2 is 0.672 bits per heavy atom. The molecule has 2 aromatic rings. The van der Waals surface area contributed by atoms with Gasteiger partial charge in [0, 0.05) is 151 Å². The van der Waals surface area contributed by atoms with Crippen LogP contribution in [0.4, 0.5) is 0 Å². The molecule has 322 valence electrons. The highest BCUT2D eigenvalue weighted by molar-refractivity contribution is 8.76. The van der Waals surface area contributed by atoms with E-state index in [1.165, 1.54) is 21.6 Å². The van der Waals surface area contributed by atoms with Crippen LogP contribution in [0.3, 0.4) is 0 Å². The first-order chi connectivity index (χ1) is 28.1. The summed E-state index contributed by atoms with van der Waals surface area (Å²) in [6.45, 7) is 6.26. The zero-order valence-electron chi connectivity index (χ0n) is 33.2. The van der Waals surface area contributed by atoms with Crippen LogP contribution in [0.25, 0.3) is 0 Å². The summed E-state index contributed by atoms with van der Waals surface area (Å²) in [5.41, 5.74) is 22.8. The summed E-state index contributed by atoms with van der Waals surface area (Å²) in [4.78, 5) is 79.9. The zero-order valence-corrected chi connectivity index (χ0v) is 34.9. The van der Waals surface area contributed by atoms with Crippen molar-refractivity contribution in [2.75, 3.05) is 105 Å². The first-order valence-corrected chi connectivity index (χ1v) is 21.7. The molecule has 14 N–H and O–H groups in total. The van der Waals surface area contributed by atoms with E-state index in [9.17, 15) is 28.8 Å². The third-order valence-electron chi connectivity index (χ3n) is 8.38. The van der Waals surface area contributed by atoms with E-state index in [1.54, 1.807) is 24.3 Å². The maximum atomic E-state index is 12.9. The van der Waals surface area contributed by atoms with Crippen molar-refractivity contribution >= 4 is 57.0 Å². The van der Waals surface area contributed by atoms with Crippen LogP contribution in [0.15, 0.2) is 58.3 Å². The maximum absolute atomic E-state index is 12.9. The molecule has 0 radical (unpaired) electrons. The van der Waals surface area contributed by atoms with Gasteiger partial charge in [-0.25, -0.2) is 0 Å². The Bertz CT molecular complexity index is 1380. The number of nitrogens with zero attached hydrogens (tertiary/aromatic N) is 2. The number of carbonyl (C=O) groups excluding carboxylic acids is 6. The third kappa shape index (κ3) is 22.6. The molecule has 6 amide bonds. The highest BCUT2D eigenvalue weighted by atomic mass is 33.1. The van der Waals surface area contributed by atoms with Crippen LogP contribution >= 0.6 is 21.6 Å². The van der Waals surface area contributed by atoms with E-state index in [4.69, 9.17) is 22.9 Å². The quantitative estimate of drug-likeness (QED) is 0.0383. The van der Waals surface area contributed by atoms with Gasteiger partial charge in [0.05, 0.1) is 0 Å². The van der Waals surface area contributed by atoms with Crippen LogP contribution in [-0.4, -0.2) is 150 Å². The molecule has 18 nitrogen and oxygen atoms in total. The van der Waals surface area contributed by atoms with Gasteiger partial charge in [-0.1, -0.05) is 21.6 Å². The van der Waals surface area contributed by atoms with Gasteiger partial charge in [0.15, 0.2) is 0 Å². The first-order valence-electron chi connectivity index (χ1n) is 19.5. The van der Waals surface area contributed by atoms with Crippen LogP contribution in [-0.2, 0) is 19.2 Å². The van der Waals surface area contributed by atoms with Crippen molar-refractivity contribution < 1.29 is 28.8 Å². The molecule has 0 unspecified atom stereocenters. The molecule has 0 aliphatic carbocycles. The van der Waals surface area contributed by atoms with E-state index >= 15 is 0 Å². The molecule has 58 heavy (non-hydrogen) atoms. The number of benzene rings is 2. The SMILES string of the molecule is NCCNC(=O)CCN(CCNC(=O)c1ccc(SSc2ccc(C(=O)NCCN(CCC(=O)NCCN)CCC(=O)NCCN)cc2)cc1)CCC(=O)NCCN. The van der Waals surface area contributed by atoms with Gasteiger partial charge >= 0.3 is 0 Å². The van der Waals surface area contributed by atoms with Crippen LogP contribution < -0.4 is 54.8 Å². The number of carbonyl (C=O) groups is 6. The van der Waals surface area contributed by atoms with E-state index in [2.05, 4.69) is 31.9 Å². The van der Waals surface area contributed by atoms with Crippen LogP contribution in [0.1, 0.15) is 46.4 Å². The molecule has 20 heteroatoms. The van der Waals surface area contributed by atoms with E-state index in [0.717, 1.165) is 9.79 Å². The highest BCUT2D eigenvalue weighted by Crippen LogP contribution is 2.37. The van der Waals surface area contributed by atoms with Crippen molar-refractivity contribution in [1.82, 2.24) is 41.7 Å². The Labute approximate surface area is 349 Å². The monoisotopic (exact) mass is 846 g/mol. The standard InChI is InChI=1S/C38H62N12O6S2/c39-13-17-43-33(51)9-23-49(24-10-34(52)44-18-14-40)27-21-47-37(55)29-1-5-31(6-2-29)57-58-32-7-3-30(4-8-32)38(56)48-22-28-50(25-11-35(53)45-19-15-41)26-12-36(54)46-20-16-42/h1-8H,9-28,39-42H2,(H,43,51)(H,44,52)(H,45,53)(H,46,54)(H,47,55)(H,48,56). The van der Waals surface area contributed by atoms with Gasteiger partial charge in [0.2, 0.25) is 23.6 Å². The lowest BCUT2D eigenvalue weighted by molar-refractivity contribution is -0.123. The predicted molar refractivity (Wildman–Crippen MR) is 229 cm³/mol. The molecule has 2 aromatic carbocycles. The molecule has 0 aliphatic rings. The molecule has 0 heterocycles. The van der Waals surface area contributed by atoms with Crippen molar-refractivity contribution in [2.45, 2.75) is 35.5 Å². The Morgan fingerprint density at radius 3 is 0.931 bits per heavy atom. The van der Waals surface area contributed by atoms with Crippen molar-refractivity contribution in [3.8, 4) is 0 Å². The second-order valence-electron chi connectivity index (χ2n) is 13.0. The van der Waals surface area contributed by atoms with Crippen LogP contribution in [0.5, 0.6) is 0 Å².